The van der Waals surface area contributed by atoms with Crippen molar-refractivity contribution in [1.82, 2.24) is 0 Å². The molecule has 0 aliphatic rings. The molecule has 31 heavy (non-hydrogen) atoms. The molecular formula is C22H21NO8. The third-order valence-corrected chi connectivity index (χ3v) is 4.49. The van der Waals surface area contributed by atoms with E-state index in [2.05, 4.69) is 0 Å². The van der Waals surface area contributed by atoms with Crippen LogP contribution < -0.4 is 0 Å². The highest BCUT2D eigenvalue weighted by Gasteiger charge is 2.15. The van der Waals surface area contributed by atoms with Crippen LogP contribution in [0.25, 0.3) is 0 Å². The first-order valence-corrected chi connectivity index (χ1v) is 9.27. The van der Waals surface area contributed by atoms with Gasteiger partial charge >= 0.3 is 0 Å². The van der Waals surface area contributed by atoms with Crippen LogP contribution in [-0.4, -0.2) is 25.3 Å². The van der Waals surface area contributed by atoms with Crippen molar-refractivity contribution in [2.75, 3.05) is 0 Å². The van der Waals surface area contributed by atoms with E-state index >= 15 is 0 Å². The molecule has 0 amide bonds. The first-order chi connectivity index (χ1) is 14.8. The van der Waals surface area contributed by atoms with Gasteiger partial charge in [0.25, 0.3) is 5.69 Å². The van der Waals surface area contributed by atoms with Gasteiger partial charge in [-0.25, -0.2) is 0 Å². The summed E-state index contributed by atoms with van der Waals surface area (Å²) in [7, 11) is 0. The minimum absolute atomic E-state index is 0.00806. The van der Waals surface area contributed by atoms with Gasteiger partial charge in [-0.15, -0.1) is 0 Å². The molecule has 0 aliphatic heterocycles. The number of nitro benzene ring substituents is 1. The molecule has 3 rings (SSSR count). The zero-order valence-electron chi connectivity index (χ0n) is 16.4. The number of benzene rings is 3. The predicted molar refractivity (Wildman–Crippen MR) is 110 cm³/mol. The molecule has 0 aromatic heterocycles. The van der Waals surface area contributed by atoms with Crippen molar-refractivity contribution in [2.24, 2.45) is 0 Å². The molecule has 3 aromatic rings. The number of phenols is 4. The van der Waals surface area contributed by atoms with Crippen molar-refractivity contribution in [3.63, 3.8) is 0 Å². The van der Waals surface area contributed by atoms with Gasteiger partial charge in [-0.3, -0.25) is 10.1 Å². The number of hydrogen-bond acceptors (Lipinski definition) is 8. The summed E-state index contributed by atoms with van der Waals surface area (Å²) in [4.78, 5) is 11.0. The second-order valence-corrected chi connectivity index (χ2v) is 6.85. The fourth-order valence-electron chi connectivity index (χ4n) is 2.87. The van der Waals surface area contributed by atoms with Crippen molar-refractivity contribution in [1.29, 1.82) is 0 Å². The van der Waals surface area contributed by atoms with Crippen molar-refractivity contribution in [3.8, 4) is 23.0 Å². The summed E-state index contributed by atoms with van der Waals surface area (Å²) in [5.74, 6) is -0.971. The Hall–Kier alpha value is -3.82. The lowest BCUT2D eigenvalue weighted by Crippen LogP contribution is -2.01. The fraction of sp³-hybridized carbons (Fsp3) is 0.182. The Balaban J connectivity index is 1.58. The molecule has 9 nitrogen and oxygen atoms in total. The van der Waals surface area contributed by atoms with Gasteiger partial charge in [-0.2, -0.15) is 0 Å². The largest absolute Gasteiger partial charge is 0.504 e. The smallest absolute Gasteiger partial charge is 0.275 e. The highest BCUT2D eigenvalue weighted by atomic mass is 16.6. The molecule has 162 valence electrons. The molecule has 0 heterocycles. The second kappa shape index (κ2) is 9.79. The maximum absolute atomic E-state index is 11.5. The molecule has 0 fully saturated rings. The van der Waals surface area contributed by atoms with Crippen molar-refractivity contribution < 1.29 is 34.8 Å². The molecule has 9 heteroatoms. The molecule has 0 saturated heterocycles. The number of nitrogens with zero attached hydrogens (tertiary/aromatic N) is 1. The standard InChI is InChI=1S/C22H21NO8/c24-19-5-2-15(8-21(19)26)11-30-10-14-1-4-17(18(7-14)23(28)29)13-31-12-16-3-6-20(25)22(27)9-16/h1-9,24-27H,10-13H2. The van der Waals surface area contributed by atoms with Crippen molar-refractivity contribution >= 4 is 5.69 Å². The van der Waals surface area contributed by atoms with Gasteiger partial charge in [-0.05, 0) is 47.0 Å². The first-order valence-electron chi connectivity index (χ1n) is 9.27. The van der Waals surface area contributed by atoms with E-state index in [-0.39, 0.29) is 55.1 Å². The van der Waals surface area contributed by atoms with E-state index in [1.807, 2.05) is 0 Å². The number of aromatic hydroxyl groups is 4. The molecule has 0 atom stereocenters. The average Bonchev–Trinajstić information content (AvgIpc) is 2.74. The van der Waals surface area contributed by atoms with Gasteiger partial charge in [0.2, 0.25) is 0 Å². The highest BCUT2D eigenvalue weighted by molar-refractivity contribution is 5.43. The Morgan fingerprint density at radius 3 is 1.58 bits per heavy atom. The monoisotopic (exact) mass is 427 g/mol. The summed E-state index contributed by atoms with van der Waals surface area (Å²) >= 11 is 0. The van der Waals surface area contributed by atoms with Gasteiger partial charge in [0.05, 0.1) is 36.9 Å². The van der Waals surface area contributed by atoms with Crippen LogP contribution in [0.15, 0.2) is 54.6 Å². The van der Waals surface area contributed by atoms with Crippen LogP contribution in [0.5, 0.6) is 23.0 Å². The van der Waals surface area contributed by atoms with E-state index in [1.54, 1.807) is 24.3 Å². The number of ether oxygens (including phenoxy) is 2. The minimum atomic E-state index is -0.493. The zero-order chi connectivity index (χ0) is 22.4. The summed E-state index contributed by atoms with van der Waals surface area (Å²) in [5, 5.41) is 49.1. The molecule has 0 saturated carbocycles. The molecule has 0 radical (unpaired) electrons. The normalized spacial score (nSPS) is 10.8. The quantitative estimate of drug-likeness (QED) is 0.229. The third-order valence-electron chi connectivity index (χ3n) is 4.49. The topological polar surface area (TPSA) is 143 Å². The molecule has 0 bridgehead atoms. The van der Waals surface area contributed by atoms with Crippen molar-refractivity contribution in [3.05, 3.63) is 87.0 Å². The van der Waals surface area contributed by atoms with Gasteiger partial charge in [0.15, 0.2) is 23.0 Å². The lowest BCUT2D eigenvalue weighted by molar-refractivity contribution is -0.386. The maximum atomic E-state index is 11.5. The maximum Gasteiger partial charge on any atom is 0.275 e. The SMILES string of the molecule is O=[N+]([O-])c1cc(COCc2ccc(O)c(O)c2)ccc1COCc1ccc(O)c(O)c1. The number of hydrogen-bond donors (Lipinski definition) is 4. The molecule has 0 unspecified atom stereocenters. The van der Waals surface area contributed by atoms with E-state index in [9.17, 15) is 30.5 Å². The van der Waals surface area contributed by atoms with Crippen LogP contribution >= 0.6 is 0 Å². The third kappa shape index (κ3) is 5.84. The van der Waals surface area contributed by atoms with E-state index in [4.69, 9.17) is 9.47 Å². The Kier molecular flexibility index (Phi) is 6.91. The van der Waals surface area contributed by atoms with E-state index < -0.39 is 4.92 Å². The van der Waals surface area contributed by atoms with Crippen LogP contribution in [-0.2, 0) is 35.9 Å². The van der Waals surface area contributed by atoms with Gasteiger partial charge in [-0.1, -0.05) is 18.2 Å². The van der Waals surface area contributed by atoms with Crippen molar-refractivity contribution in [2.45, 2.75) is 26.4 Å². The van der Waals surface area contributed by atoms with Crippen LogP contribution in [0, 0.1) is 10.1 Å². The summed E-state index contributed by atoms with van der Waals surface area (Å²) in [6.45, 7) is 0.379. The Bertz CT molecular complexity index is 1080. The van der Waals surface area contributed by atoms with Gasteiger partial charge < -0.3 is 29.9 Å². The summed E-state index contributed by atoms with van der Waals surface area (Å²) in [6.07, 6.45) is 0. The molecule has 4 N–H and O–H groups in total. The average molecular weight is 427 g/mol. The predicted octanol–water partition coefficient (Wildman–Crippen LogP) is 3.85. The summed E-state index contributed by atoms with van der Waals surface area (Å²) in [6, 6.07) is 13.3. The number of rotatable bonds is 9. The molecule has 0 aliphatic carbocycles. The minimum Gasteiger partial charge on any atom is -0.504 e. The van der Waals surface area contributed by atoms with E-state index in [0.717, 1.165) is 0 Å². The highest BCUT2D eigenvalue weighted by Crippen LogP contribution is 2.27. The van der Waals surface area contributed by atoms with Gasteiger partial charge in [0, 0.05) is 6.07 Å². The Morgan fingerprint density at radius 2 is 1.10 bits per heavy atom. The Morgan fingerprint density at radius 1 is 0.645 bits per heavy atom. The molecule has 0 spiro atoms. The van der Waals surface area contributed by atoms with Gasteiger partial charge in [0.1, 0.15) is 0 Å². The lowest BCUT2D eigenvalue weighted by atomic mass is 10.1. The number of nitro groups is 1. The van der Waals surface area contributed by atoms with Crippen LogP contribution in [0.1, 0.15) is 22.3 Å². The molecule has 3 aromatic carbocycles. The Labute approximate surface area is 177 Å². The van der Waals surface area contributed by atoms with Crippen LogP contribution in [0.3, 0.4) is 0 Å². The zero-order valence-corrected chi connectivity index (χ0v) is 16.4. The van der Waals surface area contributed by atoms with E-state index in [1.165, 1.54) is 30.3 Å². The van der Waals surface area contributed by atoms with E-state index in [0.29, 0.717) is 22.3 Å². The van der Waals surface area contributed by atoms with Crippen LogP contribution in [0.4, 0.5) is 5.69 Å². The lowest BCUT2D eigenvalue weighted by Gasteiger charge is -2.09. The first kappa shape index (κ1) is 21.9. The second-order valence-electron chi connectivity index (χ2n) is 6.85. The molecular weight excluding hydrogens is 406 g/mol. The summed E-state index contributed by atoms with van der Waals surface area (Å²) < 4.78 is 11.1. The number of phenolic OH excluding ortho intramolecular Hbond substituents is 4. The van der Waals surface area contributed by atoms with Crippen LogP contribution in [0.2, 0.25) is 0 Å². The summed E-state index contributed by atoms with van der Waals surface area (Å²) in [5.41, 5.74) is 2.15. The fourth-order valence-corrected chi connectivity index (χ4v) is 2.87.